The molecule has 3 rings (SSSR count). The van der Waals surface area contributed by atoms with Crippen LogP contribution < -0.4 is 9.46 Å². The number of anilines is 1. The van der Waals surface area contributed by atoms with Crippen LogP contribution >= 0.6 is 0 Å². The Hall–Kier alpha value is -2.42. The number of sulfonamides is 1. The molecule has 0 atom stereocenters. The molecule has 1 aliphatic rings. The molecule has 0 fully saturated rings. The summed E-state index contributed by atoms with van der Waals surface area (Å²) < 4.78 is 73.2. The Labute approximate surface area is 173 Å². The Morgan fingerprint density at radius 2 is 1.73 bits per heavy atom. The van der Waals surface area contributed by atoms with E-state index in [1.807, 2.05) is 13.8 Å². The van der Waals surface area contributed by atoms with Crippen molar-refractivity contribution >= 4 is 15.7 Å². The predicted octanol–water partition coefficient (Wildman–Crippen LogP) is 5.24. The molecule has 5 nitrogen and oxygen atoms in total. The van der Waals surface area contributed by atoms with Gasteiger partial charge in [-0.25, -0.2) is 8.42 Å². The second kappa shape index (κ2) is 7.08. The number of fused-ring (bicyclic) bond motifs is 1. The first-order valence-electron chi connectivity index (χ1n) is 9.39. The van der Waals surface area contributed by atoms with Gasteiger partial charge in [-0.15, -0.1) is 0 Å². The number of phenols is 1. The first kappa shape index (κ1) is 22.3. The fourth-order valence-corrected chi connectivity index (χ4v) is 5.41. The van der Waals surface area contributed by atoms with E-state index in [9.17, 15) is 26.7 Å². The zero-order chi connectivity index (χ0) is 22.6. The zero-order valence-corrected chi connectivity index (χ0v) is 18.2. The average Bonchev–Trinajstić information content (AvgIpc) is 2.57. The van der Waals surface area contributed by atoms with Gasteiger partial charge in [0.2, 0.25) is 0 Å². The van der Waals surface area contributed by atoms with Gasteiger partial charge in [0.25, 0.3) is 10.0 Å². The lowest BCUT2D eigenvalue weighted by Crippen LogP contribution is -2.34. The standard InChI is InChI=1S/C21H24F3NO4S/c1-11-12(2)19(13(3)15-8-9-20(4,5)29-18(11)15)30(27,28)25-14-6-7-16(17(26)10-14)21(22,23)24/h6-7,10,25-26H,8-9H2,1-5H3. The van der Waals surface area contributed by atoms with Crippen LogP contribution in [0.5, 0.6) is 11.5 Å². The number of hydrogen-bond acceptors (Lipinski definition) is 4. The van der Waals surface area contributed by atoms with Gasteiger partial charge in [-0.3, -0.25) is 4.72 Å². The van der Waals surface area contributed by atoms with E-state index in [1.165, 1.54) is 0 Å². The van der Waals surface area contributed by atoms with Crippen LogP contribution in [0, 0.1) is 20.8 Å². The summed E-state index contributed by atoms with van der Waals surface area (Å²) in [6, 6.07) is 2.37. The summed E-state index contributed by atoms with van der Waals surface area (Å²) in [5.74, 6) is -0.360. The maximum absolute atomic E-state index is 13.1. The zero-order valence-electron chi connectivity index (χ0n) is 17.4. The van der Waals surface area contributed by atoms with Crippen molar-refractivity contribution in [2.24, 2.45) is 0 Å². The minimum atomic E-state index is -4.74. The van der Waals surface area contributed by atoms with E-state index in [-0.39, 0.29) is 16.2 Å². The lowest BCUT2D eigenvalue weighted by molar-refractivity contribution is -0.138. The summed E-state index contributed by atoms with van der Waals surface area (Å²) in [5, 5.41) is 9.68. The van der Waals surface area contributed by atoms with Gasteiger partial charge in [0, 0.05) is 6.07 Å². The lowest BCUT2D eigenvalue weighted by atomic mass is 9.88. The Morgan fingerprint density at radius 1 is 1.10 bits per heavy atom. The smallest absolute Gasteiger partial charge is 0.419 e. The highest BCUT2D eigenvalue weighted by atomic mass is 32.2. The number of ether oxygens (including phenoxy) is 1. The summed E-state index contributed by atoms with van der Waals surface area (Å²) in [4.78, 5) is 0.0708. The summed E-state index contributed by atoms with van der Waals surface area (Å²) >= 11 is 0. The number of phenolic OH excluding ortho intramolecular Hbond substituents is 1. The molecule has 1 aliphatic heterocycles. The highest BCUT2D eigenvalue weighted by molar-refractivity contribution is 7.92. The van der Waals surface area contributed by atoms with Crippen LogP contribution in [0.1, 0.15) is 48.1 Å². The lowest BCUT2D eigenvalue weighted by Gasteiger charge is -2.35. The molecule has 0 spiro atoms. The Bertz CT molecular complexity index is 1120. The maximum Gasteiger partial charge on any atom is 0.419 e. The van der Waals surface area contributed by atoms with E-state index >= 15 is 0 Å². The molecule has 0 aromatic heterocycles. The second-order valence-corrected chi connectivity index (χ2v) is 9.83. The number of aromatic hydroxyl groups is 1. The van der Waals surface area contributed by atoms with Crippen LogP contribution in [0.4, 0.5) is 18.9 Å². The van der Waals surface area contributed by atoms with E-state index < -0.39 is 27.5 Å². The number of hydrogen-bond donors (Lipinski definition) is 2. The first-order valence-corrected chi connectivity index (χ1v) is 10.9. The SMILES string of the molecule is Cc1c(C)c(S(=O)(=O)Nc2ccc(C(F)(F)F)c(O)c2)c(C)c2c1OC(C)(C)CC2. The quantitative estimate of drug-likeness (QED) is 0.680. The second-order valence-electron chi connectivity index (χ2n) is 8.21. The van der Waals surface area contributed by atoms with E-state index in [0.717, 1.165) is 24.1 Å². The maximum atomic E-state index is 13.1. The summed E-state index contributed by atoms with van der Waals surface area (Å²) in [5.41, 5.74) is 0.827. The summed E-state index contributed by atoms with van der Waals surface area (Å²) in [7, 11) is -4.12. The third-order valence-corrected chi connectivity index (χ3v) is 7.14. The van der Waals surface area contributed by atoms with Crippen molar-refractivity contribution in [1.29, 1.82) is 0 Å². The number of alkyl halides is 3. The van der Waals surface area contributed by atoms with Gasteiger partial charge in [-0.05, 0) is 81.8 Å². The Kier molecular flexibility index (Phi) is 5.25. The van der Waals surface area contributed by atoms with Crippen LogP contribution in [-0.2, 0) is 22.6 Å². The number of benzene rings is 2. The van der Waals surface area contributed by atoms with E-state index in [1.54, 1.807) is 20.8 Å². The highest BCUT2D eigenvalue weighted by Crippen LogP contribution is 2.43. The molecule has 0 unspecified atom stereocenters. The van der Waals surface area contributed by atoms with Crippen molar-refractivity contribution in [1.82, 2.24) is 0 Å². The third-order valence-electron chi connectivity index (χ3n) is 5.49. The molecule has 2 N–H and O–H groups in total. The molecule has 0 radical (unpaired) electrons. The monoisotopic (exact) mass is 443 g/mol. The van der Waals surface area contributed by atoms with Crippen LogP contribution in [0.25, 0.3) is 0 Å². The van der Waals surface area contributed by atoms with Crippen LogP contribution in [0.3, 0.4) is 0 Å². The number of rotatable bonds is 3. The first-order chi connectivity index (χ1) is 13.6. The van der Waals surface area contributed by atoms with Crippen molar-refractivity contribution in [3.8, 4) is 11.5 Å². The van der Waals surface area contributed by atoms with Crippen LogP contribution in [0.2, 0.25) is 0 Å². The van der Waals surface area contributed by atoms with Gasteiger partial charge in [0.1, 0.15) is 17.1 Å². The molecule has 0 aliphatic carbocycles. The molecule has 2 aromatic rings. The van der Waals surface area contributed by atoms with Gasteiger partial charge < -0.3 is 9.84 Å². The predicted molar refractivity (Wildman–Crippen MR) is 108 cm³/mol. The molecule has 2 aromatic carbocycles. The van der Waals surface area contributed by atoms with Crippen molar-refractivity contribution in [2.45, 2.75) is 64.1 Å². The summed E-state index contributed by atoms with van der Waals surface area (Å²) in [6.45, 7) is 9.11. The van der Waals surface area contributed by atoms with Crippen LogP contribution in [-0.4, -0.2) is 19.1 Å². The van der Waals surface area contributed by atoms with Gasteiger partial charge in [0.05, 0.1) is 16.1 Å². The molecule has 0 amide bonds. The topological polar surface area (TPSA) is 75.6 Å². The Morgan fingerprint density at radius 3 is 2.30 bits per heavy atom. The molecular weight excluding hydrogens is 419 g/mol. The normalized spacial score (nSPS) is 16.0. The van der Waals surface area contributed by atoms with Crippen molar-refractivity contribution in [3.63, 3.8) is 0 Å². The van der Waals surface area contributed by atoms with Crippen molar-refractivity contribution < 1.29 is 31.4 Å². The van der Waals surface area contributed by atoms with E-state index in [0.29, 0.717) is 34.9 Å². The van der Waals surface area contributed by atoms with E-state index in [2.05, 4.69) is 4.72 Å². The fourth-order valence-electron chi connectivity index (χ4n) is 3.79. The van der Waals surface area contributed by atoms with Gasteiger partial charge in [-0.2, -0.15) is 13.2 Å². The Balaban J connectivity index is 2.06. The third kappa shape index (κ3) is 3.95. The molecule has 0 saturated carbocycles. The molecule has 1 heterocycles. The molecule has 30 heavy (non-hydrogen) atoms. The number of nitrogens with one attached hydrogen (secondary N) is 1. The van der Waals surface area contributed by atoms with Gasteiger partial charge in [-0.1, -0.05) is 0 Å². The average molecular weight is 443 g/mol. The minimum absolute atomic E-state index is 0.0708. The number of halogens is 3. The molecule has 0 saturated heterocycles. The molecule has 0 bridgehead atoms. The highest BCUT2D eigenvalue weighted by Gasteiger charge is 2.35. The van der Waals surface area contributed by atoms with Crippen molar-refractivity contribution in [2.75, 3.05) is 4.72 Å². The van der Waals surface area contributed by atoms with Crippen molar-refractivity contribution in [3.05, 3.63) is 46.0 Å². The minimum Gasteiger partial charge on any atom is -0.507 e. The van der Waals surface area contributed by atoms with E-state index in [4.69, 9.17) is 4.74 Å². The largest absolute Gasteiger partial charge is 0.507 e. The van der Waals surface area contributed by atoms with Gasteiger partial charge >= 0.3 is 6.18 Å². The van der Waals surface area contributed by atoms with Crippen LogP contribution in [0.15, 0.2) is 23.1 Å². The molecule has 164 valence electrons. The summed E-state index contributed by atoms with van der Waals surface area (Å²) in [6.07, 6.45) is -3.36. The fraction of sp³-hybridized carbons (Fsp3) is 0.429. The molecule has 9 heteroatoms. The molecular formula is C21H24F3NO4S. The van der Waals surface area contributed by atoms with Gasteiger partial charge in [0.15, 0.2) is 0 Å².